The molecule has 1 amide bonds. The molecule has 32 heavy (non-hydrogen) atoms. The van der Waals surface area contributed by atoms with Crippen molar-refractivity contribution < 1.29 is 23.6 Å². The monoisotopic (exact) mass is 442 g/mol. The highest BCUT2D eigenvalue weighted by Crippen LogP contribution is 2.28. The lowest BCUT2D eigenvalue weighted by Gasteiger charge is -2.13. The second kappa shape index (κ2) is 9.34. The number of aliphatic hydroxyl groups excluding tert-OH is 1. The van der Waals surface area contributed by atoms with E-state index >= 15 is 0 Å². The zero-order chi connectivity index (χ0) is 22.5. The van der Waals surface area contributed by atoms with Gasteiger partial charge in [0, 0.05) is 18.6 Å². The first-order chi connectivity index (χ1) is 15.6. The van der Waals surface area contributed by atoms with Gasteiger partial charge in [-0.05, 0) is 18.2 Å². The lowest BCUT2D eigenvalue weighted by molar-refractivity contribution is 0.129. The fraction of sp³-hybridized carbons (Fsp3) is 0.263. The largest absolute Gasteiger partial charge is 0.442 e. The molecule has 166 valence electrons. The van der Waals surface area contributed by atoms with Crippen molar-refractivity contribution in [1.82, 2.24) is 25.1 Å². The summed E-state index contributed by atoms with van der Waals surface area (Å²) in [6.45, 7) is 0.451. The molecule has 2 aromatic heterocycles. The number of aliphatic hydroxyl groups is 1. The van der Waals surface area contributed by atoms with Crippen LogP contribution in [-0.4, -0.2) is 61.8 Å². The summed E-state index contributed by atoms with van der Waals surface area (Å²) in [5.74, 6) is -0.239. The smallest absolute Gasteiger partial charge is 0.414 e. The van der Waals surface area contributed by atoms with Crippen molar-refractivity contribution in [1.29, 1.82) is 0 Å². The quantitative estimate of drug-likeness (QED) is 0.487. The first-order valence-corrected chi connectivity index (χ1v) is 9.59. The molecule has 0 bridgehead atoms. The van der Waals surface area contributed by atoms with Gasteiger partial charge in [0.15, 0.2) is 5.82 Å². The van der Waals surface area contributed by atoms with E-state index in [1.54, 1.807) is 16.9 Å². The average Bonchev–Trinajstić information content (AvgIpc) is 3.52. The van der Waals surface area contributed by atoms with Gasteiger partial charge in [-0.2, -0.15) is 4.98 Å². The second-order valence-electron chi connectivity index (χ2n) is 6.74. The fourth-order valence-electron chi connectivity index (χ4n) is 3.02. The van der Waals surface area contributed by atoms with Crippen LogP contribution < -0.4 is 10.6 Å². The summed E-state index contributed by atoms with van der Waals surface area (Å²) in [5, 5.41) is 20.2. The number of hydrogen-bond acceptors (Lipinski definition) is 10. The Hall–Kier alpha value is -4.13. The summed E-state index contributed by atoms with van der Waals surface area (Å²) < 4.78 is 26.5. The van der Waals surface area contributed by atoms with Gasteiger partial charge in [0.1, 0.15) is 6.10 Å². The van der Waals surface area contributed by atoms with E-state index in [-0.39, 0.29) is 37.0 Å². The molecule has 3 aromatic rings. The van der Waals surface area contributed by atoms with Crippen LogP contribution in [0.1, 0.15) is 11.7 Å². The van der Waals surface area contributed by atoms with Gasteiger partial charge in [0.2, 0.25) is 11.7 Å². The number of aromatic nitrogens is 5. The minimum absolute atomic E-state index is 0.0268. The number of nitrogens with zero attached hydrogens (tertiary/aromatic N) is 7. The molecule has 1 aliphatic rings. The fourth-order valence-corrected chi connectivity index (χ4v) is 3.02. The normalized spacial score (nSPS) is 16.8. The molecule has 0 aliphatic carbocycles. The van der Waals surface area contributed by atoms with Crippen LogP contribution >= 0.6 is 0 Å². The molecule has 13 heteroatoms. The number of carbonyl (C=O) groups is 1. The van der Waals surface area contributed by atoms with Gasteiger partial charge in [-0.3, -0.25) is 9.89 Å². The highest BCUT2D eigenvalue weighted by atomic mass is 19.1. The molecule has 3 N–H and O–H groups in total. The number of hydrogen-bond donors (Lipinski definition) is 2. The lowest BCUT2D eigenvalue weighted by atomic mass is 10.2. The van der Waals surface area contributed by atoms with E-state index in [1.807, 2.05) is 0 Å². The number of rotatable bonds is 8. The van der Waals surface area contributed by atoms with Crippen LogP contribution in [0.25, 0.3) is 5.57 Å². The number of cyclic esters (lactones) is 1. The number of amides is 1. The van der Waals surface area contributed by atoms with Crippen molar-refractivity contribution in [2.24, 2.45) is 10.7 Å². The topological polar surface area (TPSA) is 158 Å². The maximum atomic E-state index is 14.7. The Morgan fingerprint density at radius 3 is 3.03 bits per heavy atom. The minimum atomic E-state index is -0.642. The maximum absolute atomic E-state index is 14.7. The van der Waals surface area contributed by atoms with E-state index in [9.17, 15) is 9.18 Å². The SMILES string of the molecule is N/C=C(\C=Nc1ccc(N2CC(Cn3ccnn3)OC2=O)cc1F)c1noc(CCO)n1. The highest BCUT2D eigenvalue weighted by Gasteiger charge is 2.33. The zero-order valence-electron chi connectivity index (χ0n) is 16.7. The van der Waals surface area contributed by atoms with E-state index in [1.165, 1.54) is 35.6 Å². The number of aliphatic imine (C=N–C) groups is 1. The van der Waals surface area contributed by atoms with Crippen LogP contribution in [0.3, 0.4) is 0 Å². The number of benzene rings is 1. The maximum Gasteiger partial charge on any atom is 0.414 e. The minimum Gasteiger partial charge on any atom is -0.442 e. The van der Waals surface area contributed by atoms with E-state index in [0.29, 0.717) is 17.8 Å². The third-order valence-electron chi connectivity index (χ3n) is 4.55. The summed E-state index contributed by atoms with van der Waals surface area (Å²) >= 11 is 0. The van der Waals surface area contributed by atoms with Gasteiger partial charge in [-0.25, -0.2) is 13.9 Å². The van der Waals surface area contributed by atoms with Gasteiger partial charge in [0.05, 0.1) is 49.3 Å². The number of halogens is 1. The third-order valence-corrected chi connectivity index (χ3v) is 4.55. The summed E-state index contributed by atoms with van der Waals surface area (Å²) in [4.78, 5) is 21.7. The molecule has 4 rings (SSSR count). The van der Waals surface area contributed by atoms with E-state index in [2.05, 4.69) is 25.4 Å². The Morgan fingerprint density at radius 1 is 1.44 bits per heavy atom. The molecule has 1 saturated heterocycles. The standard InChI is InChI=1S/C19H19FN8O4/c20-15-7-13(28-11-14(31-19(28)30)10-27-5-4-23-26-27)1-2-16(15)22-9-12(8-21)18-24-17(3-6-29)32-25-18/h1-2,4-5,7-9,14,29H,3,6,10-11,21H2/b12-8+,22-9?. The summed E-state index contributed by atoms with van der Waals surface area (Å²) in [6.07, 6.45) is 4.89. The van der Waals surface area contributed by atoms with Crippen molar-refractivity contribution in [3.8, 4) is 0 Å². The first-order valence-electron chi connectivity index (χ1n) is 9.59. The number of allylic oxidation sites excluding steroid dienone is 1. The summed E-state index contributed by atoms with van der Waals surface area (Å²) in [5.41, 5.74) is 6.26. The molecule has 1 fully saturated rings. The Labute approximate surface area is 180 Å². The van der Waals surface area contributed by atoms with Crippen LogP contribution in [0, 0.1) is 5.82 Å². The van der Waals surface area contributed by atoms with E-state index in [4.69, 9.17) is 20.1 Å². The van der Waals surface area contributed by atoms with E-state index < -0.39 is 18.0 Å². The van der Waals surface area contributed by atoms with Crippen molar-refractivity contribution in [3.63, 3.8) is 0 Å². The molecule has 1 aliphatic heterocycles. The Kier molecular flexibility index (Phi) is 6.17. The van der Waals surface area contributed by atoms with Crippen LogP contribution in [0.4, 0.5) is 20.6 Å². The van der Waals surface area contributed by atoms with Crippen molar-refractivity contribution in [2.75, 3.05) is 18.1 Å². The van der Waals surface area contributed by atoms with Gasteiger partial charge in [0.25, 0.3) is 0 Å². The van der Waals surface area contributed by atoms with Crippen molar-refractivity contribution in [3.05, 3.63) is 54.3 Å². The Bertz CT molecular complexity index is 1140. The molecule has 0 radical (unpaired) electrons. The van der Waals surface area contributed by atoms with Gasteiger partial charge in [-0.15, -0.1) is 5.10 Å². The zero-order valence-corrected chi connectivity index (χ0v) is 16.7. The molecule has 1 unspecified atom stereocenters. The Morgan fingerprint density at radius 2 is 2.31 bits per heavy atom. The molecular weight excluding hydrogens is 423 g/mol. The van der Waals surface area contributed by atoms with Crippen LogP contribution in [-0.2, 0) is 17.7 Å². The molecule has 3 heterocycles. The van der Waals surface area contributed by atoms with Crippen LogP contribution in [0.2, 0.25) is 0 Å². The first kappa shape index (κ1) is 21.1. The Balaban J connectivity index is 1.45. The summed E-state index contributed by atoms with van der Waals surface area (Å²) in [7, 11) is 0. The predicted molar refractivity (Wildman–Crippen MR) is 109 cm³/mol. The molecular formula is C19H19FN8O4. The molecule has 12 nitrogen and oxygen atoms in total. The van der Waals surface area contributed by atoms with Gasteiger partial charge >= 0.3 is 6.09 Å². The number of carbonyl (C=O) groups excluding carboxylic acids is 1. The molecule has 0 saturated carbocycles. The average molecular weight is 442 g/mol. The summed E-state index contributed by atoms with van der Waals surface area (Å²) in [6, 6.07) is 4.19. The molecule has 1 atom stereocenters. The molecule has 1 aromatic carbocycles. The molecule has 0 spiro atoms. The van der Waals surface area contributed by atoms with Gasteiger partial charge < -0.3 is 20.1 Å². The third kappa shape index (κ3) is 4.62. The second-order valence-corrected chi connectivity index (χ2v) is 6.74. The highest BCUT2D eigenvalue weighted by molar-refractivity contribution is 6.08. The van der Waals surface area contributed by atoms with Crippen LogP contribution in [0.15, 0.2) is 46.3 Å². The van der Waals surface area contributed by atoms with Crippen LogP contribution in [0.5, 0.6) is 0 Å². The number of ether oxygens (including phenoxy) is 1. The lowest BCUT2D eigenvalue weighted by Crippen LogP contribution is -2.26. The van der Waals surface area contributed by atoms with Gasteiger partial charge in [-0.1, -0.05) is 10.4 Å². The number of anilines is 1. The predicted octanol–water partition coefficient (Wildman–Crippen LogP) is 1.06. The number of nitrogens with two attached hydrogens (primary N) is 1. The van der Waals surface area contributed by atoms with E-state index in [0.717, 1.165) is 0 Å². The van der Waals surface area contributed by atoms with Crippen molar-refractivity contribution in [2.45, 2.75) is 19.1 Å². The van der Waals surface area contributed by atoms with Crippen molar-refractivity contribution >= 4 is 29.3 Å².